The normalized spacial score (nSPS) is 25.8. The van der Waals surface area contributed by atoms with Crippen molar-refractivity contribution in [2.24, 2.45) is 11.8 Å². The van der Waals surface area contributed by atoms with Gasteiger partial charge in [-0.15, -0.1) is 0 Å². The lowest BCUT2D eigenvalue weighted by atomic mass is 9.89. The molecule has 5 nitrogen and oxygen atoms in total. The van der Waals surface area contributed by atoms with E-state index in [-0.39, 0.29) is 17.9 Å². The van der Waals surface area contributed by atoms with Crippen LogP contribution in [0.25, 0.3) is 0 Å². The molecule has 0 bridgehead atoms. The second-order valence-electron chi connectivity index (χ2n) is 6.74. The molecule has 3 atom stereocenters. The van der Waals surface area contributed by atoms with E-state index >= 15 is 0 Å². The summed E-state index contributed by atoms with van der Waals surface area (Å²) in [5.41, 5.74) is 1.80. The van der Waals surface area contributed by atoms with Gasteiger partial charge in [0.1, 0.15) is 5.69 Å². The van der Waals surface area contributed by atoms with Crippen LogP contribution in [-0.2, 0) is 4.79 Å². The number of nitrogens with one attached hydrogen (secondary N) is 1. The van der Waals surface area contributed by atoms with Gasteiger partial charge < -0.3 is 14.8 Å². The number of aromatic nitrogens is 1. The molecule has 1 aromatic carbocycles. The molecule has 0 spiro atoms. The largest absolute Gasteiger partial charge is 0.357 e. The fourth-order valence-electron chi connectivity index (χ4n) is 4.25. The number of carbonyl (C=O) groups excluding carboxylic acids is 2. The molecular formula is C19H21N3O2. The van der Waals surface area contributed by atoms with Crippen LogP contribution in [0.3, 0.4) is 0 Å². The Hall–Kier alpha value is -2.56. The molecule has 0 unspecified atom stereocenters. The number of hydrogen-bond donors (Lipinski definition) is 1. The monoisotopic (exact) mass is 323 g/mol. The maximum atomic E-state index is 12.6. The highest BCUT2D eigenvalue weighted by Crippen LogP contribution is 2.45. The Kier molecular flexibility index (Phi) is 3.63. The first-order valence-electron chi connectivity index (χ1n) is 8.40. The van der Waals surface area contributed by atoms with E-state index in [9.17, 15) is 9.59 Å². The molecule has 2 aromatic rings. The smallest absolute Gasteiger partial charge is 0.270 e. The molecule has 124 valence electrons. The molecule has 1 aromatic heterocycles. The molecule has 2 fully saturated rings. The molecule has 1 N–H and O–H groups in total. The number of aromatic amines is 1. The van der Waals surface area contributed by atoms with Crippen LogP contribution >= 0.6 is 0 Å². The average molecular weight is 323 g/mol. The Morgan fingerprint density at radius 1 is 1.04 bits per heavy atom. The Labute approximate surface area is 141 Å². The van der Waals surface area contributed by atoms with Gasteiger partial charge in [-0.1, -0.05) is 30.3 Å². The third kappa shape index (κ3) is 2.40. The Morgan fingerprint density at radius 2 is 1.83 bits per heavy atom. The standard InChI is InChI=1S/C19H21N3O2/c1-13(23)22-11-15-10-21(19(24)17-8-5-9-20-17)12-16(15)18(22)14-6-3-2-4-7-14/h2-9,15-16,18,20H,10-12H2,1H3/t15-,16-,18-/m1/s1. The minimum absolute atomic E-state index is 0.0515. The number of benzene rings is 1. The number of nitrogens with zero attached hydrogens (tertiary/aromatic N) is 2. The molecule has 24 heavy (non-hydrogen) atoms. The number of carbonyl (C=O) groups is 2. The van der Waals surface area contributed by atoms with Gasteiger partial charge in [0.2, 0.25) is 5.91 Å². The first kappa shape index (κ1) is 15.0. The van der Waals surface area contributed by atoms with Gasteiger partial charge in [0, 0.05) is 44.6 Å². The molecule has 2 aliphatic rings. The summed E-state index contributed by atoms with van der Waals surface area (Å²) in [6.07, 6.45) is 1.77. The van der Waals surface area contributed by atoms with Crippen LogP contribution in [0.5, 0.6) is 0 Å². The van der Waals surface area contributed by atoms with Gasteiger partial charge in [0.25, 0.3) is 5.91 Å². The van der Waals surface area contributed by atoms with Crippen LogP contribution in [0, 0.1) is 11.8 Å². The summed E-state index contributed by atoms with van der Waals surface area (Å²) in [4.78, 5) is 31.6. The van der Waals surface area contributed by atoms with Gasteiger partial charge in [-0.05, 0) is 17.7 Å². The van der Waals surface area contributed by atoms with Crippen molar-refractivity contribution in [2.75, 3.05) is 19.6 Å². The topological polar surface area (TPSA) is 56.4 Å². The van der Waals surface area contributed by atoms with E-state index in [0.717, 1.165) is 18.7 Å². The molecule has 0 aliphatic carbocycles. The second-order valence-corrected chi connectivity index (χ2v) is 6.74. The number of likely N-dealkylation sites (tertiary alicyclic amines) is 2. The van der Waals surface area contributed by atoms with Gasteiger partial charge in [-0.2, -0.15) is 0 Å². The molecule has 0 saturated carbocycles. The number of fused-ring (bicyclic) bond motifs is 1. The highest BCUT2D eigenvalue weighted by atomic mass is 16.2. The predicted molar refractivity (Wildman–Crippen MR) is 90.2 cm³/mol. The number of rotatable bonds is 2. The van der Waals surface area contributed by atoms with E-state index in [4.69, 9.17) is 0 Å². The van der Waals surface area contributed by atoms with Crippen LogP contribution in [0.2, 0.25) is 0 Å². The molecule has 4 rings (SSSR count). The minimum Gasteiger partial charge on any atom is -0.357 e. The molecular weight excluding hydrogens is 302 g/mol. The third-order valence-corrected chi connectivity index (χ3v) is 5.33. The zero-order chi connectivity index (χ0) is 16.7. The summed E-state index contributed by atoms with van der Waals surface area (Å²) in [7, 11) is 0. The number of amides is 2. The van der Waals surface area contributed by atoms with E-state index in [1.807, 2.05) is 40.1 Å². The van der Waals surface area contributed by atoms with Crippen molar-refractivity contribution in [3.63, 3.8) is 0 Å². The highest BCUT2D eigenvalue weighted by Gasteiger charge is 2.49. The summed E-state index contributed by atoms with van der Waals surface area (Å²) in [5.74, 6) is 0.810. The SMILES string of the molecule is CC(=O)N1C[C@H]2CN(C(=O)c3ccc[nH]3)C[C@H]2[C@H]1c1ccccc1. The van der Waals surface area contributed by atoms with E-state index in [0.29, 0.717) is 24.1 Å². The van der Waals surface area contributed by atoms with Crippen LogP contribution in [0.1, 0.15) is 29.0 Å². The molecule has 0 radical (unpaired) electrons. The van der Waals surface area contributed by atoms with Crippen molar-refractivity contribution in [1.29, 1.82) is 0 Å². The summed E-state index contributed by atoms with van der Waals surface area (Å²) < 4.78 is 0. The predicted octanol–water partition coefficient (Wildman–Crippen LogP) is 2.31. The Morgan fingerprint density at radius 3 is 2.50 bits per heavy atom. The molecule has 2 amide bonds. The lowest BCUT2D eigenvalue weighted by molar-refractivity contribution is -0.130. The number of hydrogen-bond acceptors (Lipinski definition) is 2. The van der Waals surface area contributed by atoms with E-state index in [2.05, 4.69) is 17.1 Å². The van der Waals surface area contributed by atoms with E-state index < -0.39 is 0 Å². The van der Waals surface area contributed by atoms with Gasteiger partial charge in [-0.3, -0.25) is 9.59 Å². The van der Waals surface area contributed by atoms with Crippen molar-refractivity contribution >= 4 is 11.8 Å². The first-order chi connectivity index (χ1) is 11.6. The second kappa shape index (κ2) is 5.82. The lowest BCUT2D eigenvalue weighted by Crippen LogP contribution is -2.36. The lowest BCUT2D eigenvalue weighted by Gasteiger charge is -2.29. The van der Waals surface area contributed by atoms with Gasteiger partial charge in [0.05, 0.1) is 6.04 Å². The fraction of sp³-hybridized carbons (Fsp3) is 0.368. The van der Waals surface area contributed by atoms with Crippen molar-refractivity contribution < 1.29 is 9.59 Å². The summed E-state index contributed by atoms with van der Waals surface area (Å²) >= 11 is 0. The van der Waals surface area contributed by atoms with Gasteiger partial charge >= 0.3 is 0 Å². The molecule has 2 saturated heterocycles. The summed E-state index contributed by atoms with van der Waals surface area (Å²) in [6.45, 7) is 3.79. The van der Waals surface area contributed by atoms with E-state index in [1.165, 1.54) is 0 Å². The summed E-state index contributed by atoms with van der Waals surface area (Å²) in [5, 5.41) is 0. The highest BCUT2D eigenvalue weighted by molar-refractivity contribution is 5.92. The Bertz CT molecular complexity index is 741. The van der Waals surface area contributed by atoms with Crippen molar-refractivity contribution in [1.82, 2.24) is 14.8 Å². The molecule has 2 aliphatic heterocycles. The third-order valence-electron chi connectivity index (χ3n) is 5.33. The van der Waals surface area contributed by atoms with Crippen LogP contribution in [0.4, 0.5) is 0 Å². The quantitative estimate of drug-likeness (QED) is 0.922. The average Bonchev–Trinajstić information content (AvgIpc) is 3.30. The van der Waals surface area contributed by atoms with E-state index in [1.54, 1.807) is 13.1 Å². The maximum Gasteiger partial charge on any atom is 0.270 e. The van der Waals surface area contributed by atoms with Gasteiger partial charge in [0.15, 0.2) is 0 Å². The van der Waals surface area contributed by atoms with Crippen molar-refractivity contribution in [3.05, 3.63) is 59.9 Å². The minimum atomic E-state index is 0.0515. The first-order valence-corrected chi connectivity index (χ1v) is 8.40. The van der Waals surface area contributed by atoms with Crippen molar-refractivity contribution in [3.8, 4) is 0 Å². The van der Waals surface area contributed by atoms with Crippen LogP contribution in [0.15, 0.2) is 48.7 Å². The maximum absolute atomic E-state index is 12.6. The fourth-order valence-corrected chi connectivity index (χ4v) is 4.25. The zero-order valence-electron chi connectivity index (χ0n) is 13.7. The van der Waals surface area contributed by atoms with Gasteiger partial charge in [-0.25, -0.2) is 0 Å². The van der Waals surface area contributed by atoms with Crippen LogP contribution in [-0.4, -0.2) is 46.2 Å². The molecule has 5 heteroatoms. The van der Waals surface area contributed by atoms with Crippen molar-refractivity contribution in [2.45, 2.75) is 13.0 Å². The number of H-pyrrole nitrogens is 1. The molecule has 3 heterocycles. The zero-order valence-corrected chi connectivity index (χ0v) is 13.7. The summed E-state index contributed by atoms with van der Waals surface area (Å²) in [6, 6.07) is 13.9. The van der Waals surface area contributed by atoms with Crippen LogP contribution < -0.4 is 0 Å². The Balaban J connectivity index is 1.60.